The zero-order chi connectivity index (χ0) is 24.0. The summed E-state index contributed by atoms with van der Waals surface area (Å²) in [5.74, 6) is -0.0677. The summed E-state index contributed by atoms with van der Waals surface area (Å²) in [5, 5.41) is 0. The first kappa shape index (κ1) is 21.9. The average molecular weight is 464 g/mol. The van der Waals surface area contributed by atoms with Crippen molar-refractivity contribution in [3.8, 4) is 17.2 Å². The van der Waals surface area contributed by atoms with Crippen LogP contribution in [0.5, 0.6) is 17.2 Å². The van der Waals surface area contributed by atoms with Gasteiger partial charge in [-0.05, 0) is 24.3 Å². The Morgan fingerprint density at radius 1 is 0.941 bits per heavy atom. The summed E-state index contributed by atoms with van der Waals surface area (Å²) >= 11 is 0. The van der Waals surface area contributed by atoms with E-state index in [4.69, 9.17) is 14.2 Å². The summed E-state index contributed by atoms with van der Waals surface area (Å²) in [6.45, 7) is 0.376. The summed E-state index contributed by atoms with van der Waals surface area (Å²) in [6, 6.07) is 9.90. The molecule has 0 unspecified atom stereocenters. The number of likely N-dealkylation sites (tertiary alicyclic amines) is 1. The monoisotopic (exact) mass is 464 g/mol. The molecule has 2 aromatic rings. The Hall–Kier alpha value is -3.88. The Morgan fingerprint density at radius 2 is 1.59 bits per heavy atom. The van der Waals surface area contributed by atoms with Gasteiger partial charge in [0, 0.05) is 25.9 Å². The Kier molecular flexibility index (Phi) is 5.27. The van der Waals surface area contributed by atoms with E-state index in [1.807, 2.05) is 0 Å². The first-order valence-corrected chi connectivity index (χ1v) is 11.1. The van der Waals surface area contributed by atoms with Crippen LogP contribution in [0.15, 0.2) is 36.4 Å². The van der Waals surface area contributed by atoms with Gasteiger partial charge in [0.2, 0.25) is 11.7 Å². The Labute approximate surface area is 196 Å². The van der Waals surface area contributed by atoms with Crippen LogP contribution in [-0.4, -0.2) is 72.8 Å². The third kappa shape index (κ3) is 3.39. The number of imide groups is 1. The van der Waals surface area contributed by atoms with E-state index in [1.54, 1.807) is 41.3 Å². The molecule has 0 aliphatic carbocycles. The molecular formula is C25H24N2O7. The van der Waals surface area contributed by atoms with Crippen LogP contribution < -0.4 is 14.2 Å². The molecule has 1 saturated heterocycles. The maximum absolute atomic E-state index is 12.9. The van der Waals surface area contributed by atoms with Gasteiger partial charge in [0.05, 0.1) is 37.3 Å². The molecule has 176 valence electrons. The molecular weight excluding hydrogens is 440 g/mol. The molecule has 0 radical (unpaired) electrons. The second-order valence-electron chi connectivity index (χ2n) is 8.69. The fraction of sp³-hybridized carbons (Fsp3) is 0.360. The highest BCUT2D eigenvalue weighted by atomic mass is 16.5. The summed E-state index contributed by atoms with van der Waals surface area (Å²) in [6.07, 6.45) is 1.08. The van der Waals surface area contributed by atoms with Gasteiger partial charge in [-0.25, -0.2) is 0 Å². The summed E-state index contributed by atoms with van der Waals surface area (Å²) in [7, 11) is 3.01. The maximum atomic E-state index is 12.9. The van der Waals surface area contributed by atoms with Gasteiger partial charge in [-0.3, -0.25) is 24.1 Å². The molecule has 0 saturated carbocycles. The van der Waals surface area contributed by atoms with E-state index in [-0.39, 0.29) is 24.7 Å². The number of ketones is 1. The van der Waals surface area contributed by atoms with Gasteiger partial charge in [-0.2, -0.15) is 0 Å². The fourth-order valence-electron chi connectivity index (χ4n) is 4.92. The van der Waals surface area contributed by atoms with Crippen molar-refractivity contribution >= 4 is 23.5 Å². The highest BCUT2D eigenvalue weighted by Gasteiger charge is 2.46. The van der Waals surface area contributed by atoms with Gasteiger partial charge in [0.25, 0.3) is 11.8 Å². The summed E-state index contributed by atoms with van der Waals surface area (Å²) < 4.78 is 17.1. The Bertz CT molecular complexity index is 1180. The van der Waals surface area contributed by atoms with Crippen LogP contribution in [0.4, 0.5) is 0 Å². The van der Waals surface area contributed by atoms with Crippen molar-refractivity contribution in [1.29, 1.82) is 0 Å². The Balaban J connectivity index is 1.28. The zero-order valence-corrected chi connectivity index (χ0v) is 19.0. The van der Waals surface area contributed by atoms with E-state index >= 15 is 0 Å². The topological polar surface area (TPSA) is 102 Å². The number of hydrogen-bond acceptors (Lipinski definition) is 7. The number of nitrogens with zero attached hydrogens (tertiary/aromatic N) is 2. The predicted molar refractivity (Wildman–Crippen MR) is 119 cm³/mol. The molecule has 3 aliphatic rings. The summed E-state index contributed by atoms with van der Waals surface area (Å²) in [5.41, 5.74) is 0.327. The van der Waals surface area contributed by atoms with Crippen LogP contribution >= 0.6 is 0 Å². The molecule has 5 rings (SSSR count). The number of Topliss-reactive ketones (excluding diaryl/α,β-unsaturated/α-hetero) is 1. The molecule has 0 bridgehead atoms. The largest absolute Gasteiger partial charge is 0.493 e. The average Bonchev–Trinajstić information content (AvgIpc) is 3.08. The van der Waals surface area contributed by atoms with E-state index in [9.17, 15) is 19.2 Å². The first-order valence-electron chi connectivity index (χ1n) is 11.1. The SMILES string of the molecule is COc1ccc2c(c1OC)OC1(CCN(C(=O)CN3C(=O)c4ccccc4C3=O)CC1)CC2=O. The lowest BCUT2D eigenvalue weighted by molar-refractivity contribution is -0.135. The molecule has 9 nitrogen and oxygen atoms in total. The molecule has 0 aromatic heterocycles. The number of benzene rings is 2. The lowest BCUT2D eigenvalue weighted by atomic mass is 9.82. The van der Waals surface area contributed by atoms with Crippen LogP contribution in [0, 0.1) is 0 Å². The smallest absolute Gasteiger partial charge is 0.262 e. The highest BCUT2D eigenvalue weighted by Crippen LogP contribution is 2.47. The minimum absolute atomic E-state index is 0.0481. The van der Waals surface area contributed by atoms with E-state index in [0.29, 0.717) is 59.9 Å². The standard InChI is InChI=1S/C25H24N2O7/c1-32-19-8-7-17-18(28)13-25(34-21(17)22(19)33-2)9-11-26(12-10-25)20(29)14-27-23(30)15-5-3-4-6-16(15)24(27)31/h3-8H,9-14H2,1-2H3. The number of methoxy groups -OCH3 is 2. The van der Waals surface area contributed by atoms with Gasteiger partial charge in [-0.15, -0.1) is 0 Å². The third-order valence-electron chi connectivity index (χ3n) is 6.80. The zero-order valence-electron chi connectivity index (χ0n) is 19.0. The lowest BCUT2D eigenvalue weighted by Gasteiger charge is -2.44. The van der Waals surface area contributed by atoms with Crippen molar-refractivity contribution in [2.24, 2.45) is 0 Å². The minimum atomic E-state index is -0.754. The quantitative estimate of drug-likeness (QED) is 0.640. The molecule has 0 N–H and O–H groups in total. The van der Waals surface area contributed by atoms with Gasteiger partial charge < -0.3 is 19.1 Å². The lowest BCUT2D eigenvalue weighted by Crippen LogP contribution is -2.54. The molecule has 1 spiro atoms. The predicted octanol–water partition coefficient (Wildman–Crippen LogP) is 2.33. The number of carbonyl (C=O) groups is 4. The number of hydrogen-bond donors (Lipinski definition) is 0. The minimum Gasteiger partial charge on any atom is -0.493 e. The highest BCUT2D eigenvalue weighted by molar-refractivity contribution is 6.22. The van der Waals surface area contributed by atoms with Crippen molar-refractivity contribution < 1.29 is 33.4 Å². The molecule has 1 fully saturated rings. The number of amides is 3. The number of ether oxygens (including phenoxy) is 3. The van der Waals surface area contributed by atoms with Crippen molar-refractivity contribution in [2.75, 3.05) is 33.9 Å². The first-order chi connectivity index (χ1) is 16.4. The van der Waals surface area contributed by atoms with Crippen LogP contribution in [0.25, 0.3) is 0 Å². The summed E-state index contributed by atoms with van der Waals surface area (Å²) in [4.78, 5) is 53.6. The number of carbonyl (C=O) groups excluding carboxylic acids is 4. The van der Waals surface area contributed by atoms with Crippen molar-refractivity contribution in [1.82, 2.24) is 9.80 Å². The molecule has 34 heavy (non-hydrogen) atoms. The fourth-order valence-corrected chi connectivity index (χ4v) is 4.92. The van der Waals surface area contributed by atoms with Crippen molar-refractivity contribution in [2.45, 2.75) is 24.9 Å². The van der Waals surface area contributed by atoms with Gasteiger partial charge >= 0.3 is 0 Å². The van der Waals surface area contributed by atoms with Crippen LogP contribution in [0.3, 0.4) is 0 Å². The second kappa shape index (κ2) is 8.16. The molecule has 9 heteroatoms. The second-order valence-corrected chi connectivity index (χ2v) is 8.69. The van der Waals surface area contributed by atoms with Crippen LogP contribution in [-0.2, 0) is 4.79 Å². The molecule has 3 amide bonds. The molecule has 3 aliphatic heterocycles. The number of fused-ring (bicyclic) bond motifs is 2. The van der Waals surface area contributed by atoms with Crippen molar-refractivity contribution in [3.05, 3.63) is 53.1 Å². The maximum Gasteiger partial charge on any atom is 0.262 e. The van der Waals surface area contributed by atoms with Crippen LogP contribution in [0.2, 0.25) is 0 Å². The Morgan fingerprint density at radius 3 is 2.18 bits per heavy atom. The van der Waals surface area contributed by atoms with Gasteiger partial charge in [0.1, 0.15) is 12.1 Å². The normalized spacial score (nSPS) is 18.5. The van der Waals surface area contributed by atoms with Crippen molar-refractivity contribution in [3.63, 3.8) is 0 Å². The number of rotatable bonds is 4. The van der Waals surface area contributed by atoms with E-state index in [0.717, 1.165) is 4.90 Å². The number of piperidine rings is 1. The van der Waals surface area contributed by atoms with E-state index < -0.39 is 17.4 Å². The van der Waals surface area contributed by atoms with E-state index in [1.165, 1.54) is 14.2 Å². The molecule has 2 aromatic carbocycles. The van der Waals surface area contributed by atoms with Gasteiger partial charge in [-0.1, -0.05) is 12.1 Å². The van der Waals surface area contributed by atoms with E-state index in [2.05, 4.69) is 0 Å². The molecule has 3 heterocycles. The molecule has 0 atom stereocenters. The van der Waals surface area contributed by atoms with Crippen LogP contribution in [0.1, 0.15) is 50.3 Å². The third-order valence-corrected chi connectivity index (χ3v) is 6.80. The van der Waals surface area contributed by atoms with Gasteiger partial charge in [0.15, 0.2) is 17.3 Å².